The first-order valence-electron chi connectivity index (χ1n) is 7.27. The highest BCUT2D eigenvalue weighted by molar-refractivity contribution is 7.89. The van der Waals surface area contributed by atoms with E-state index in [1.54, 1.807) is 18.2 Å². The largest absolute Gasteiger partial charge is 0.389 e. The smallest absolute Gasteiger partial charge is 0.242 e. The molecule has 2 rings (SSSR count). The average molecular weight is 312 g/mol. The molecule has 1 saturated carbocycles. The number of rotatable bonds is 5. The Morgan fingerprint density at radius 2 is 1.95 bits per heavy atom. The third-order valence-corrected chi connectivity index (χ3v) is 6.09. The van der Waals surface area contributed by atoms with Gasteiger partial charge in [0.25, 0.3) is 0 Å². The number of nitrogens with two attached hydrogens (primary N) is 1. The summed E-state index contributed by atoms with van der Waals surface area (Å²) in [6.45, 7) is 2.39. The summed E-state index contributed by atoms with van der Waals surface area (Å²) in [7, 11) is -2.05. The van der Waals surface area contributed by atoms with Crippen molar-refractivity contribution < 1.29 is 13.5 Å². The zero-order valence-electron chi connectivity index (χ0n) is 12.7. The van der Waals surface area contributed by atoms with E-state index in [1.165, 1.54) is 11.4 Å². The van der Waals surface area contributed by atoms with Crippen LogP contribution >= 0.6 is 0 Å². The standard InChI is InChI=1S/C15H24N2O3S/c1-12-9-14(6-5-13(12)10-16)21(19,20)17(2)11-15(18)7-3-4-8-15/h5-6,9,18H,3-4,7-8,10-11,16H2,1-2H3. The minimum atomic E-state index is -3.58. The van der Waals surface area contributed by atoms with E-state index in [0.29, 0.717) is 19.4 Å². The van der Waals surface area contributed by atoms with Crippen LogP contribution in [0, 0.1) is 6.92 Å². The molecule has 5 nitrogen and oxygen atoms in total. The van der Waals surface area contributed by atoms with Crippen LogP contribution in [0.5, 0.6) is 0 Å². The number of aliphatic hydroxyl groups is 1. The summed E-state index contributed by atoms with van der Waals surface area (Å²) in [6.07, 6.45) is 3.24. The summed E-state index contributed by atoms with van der Waals surface area (Å²) in [4.78, 5) is 0.251. The topological polar surface area (TPSA) is 83.6 Å². The average Bonchev–Trinajstić information content (AvgIpc) is 2.85. The predicted octanol–water partition coefficient (Wildman–Crippen LogP) is 1.38. The highest BCUT2D eigenvalue weighted by Crippen LogP contribution is 2.31. The van der Waals surface area contributed by atoms with Crippen molar-refractivity contribution in [3.8, 4) is 0 Å². The lowest BCUT2D eigenvalue weighted by Crippen LogP contribution is -2.42. The van der Waals surface area contributed by atoms with Gasteiger partial charge in [0.1, 0.15) is 0 Å². The summed E-state index contributed by atoms with van der Waals surface area (Å²) in [5.74, 6) is 0. The van der Waals surface area contributed by atoms with Gasteiger partial charge in [-0.15, -0.1) is 0 Å². The Labute approximate surface area is 126 Å². The Morgan fingerprint density at radius 3 is 2.48 bits per heavy atom. The van der Waals surface area contributed by atoms with Gasteiger partial charge < -0.3 is 10.8 Å². The number of sulfonamides is 1. The molecular weight excluding hydrogens is 288 g/mol. The monoisotopic (exact) mass is 312 g/mol. The van der Waals surface area contributed by atoms with Crippen LogP contribution in [0.3, 0.4) is 0 Å². The fraction of sp³-hybridized carbons (Fsp3) is 0.600. The summed E-state index contributed by atoms with van der Waals surface area (Å²) < 4.78 is 26.5. The van der Waals surface area contributed by atoms with E-state index in [9.17, 15) is 13.5 Å². The number of aryl methyl sites for hydroxylation is 1. The molecule has 3 N–H and O–H groups in total. The molecule has 6 heteroatoms. The molecule has 0 atom stereocenters. The summed E-state index contributed by atoms with van der Waals surface area (Å²) >= 11 is 0. The molecule has 1 aliphatic rings. The molecule has 21 heavy (non-hydrogen) atoms. The second kappa shape index (κ2) is 6.04. The zero-order chi connectivity index (χ0) is 15.7. The Morgan fingerprint density at radius 1 is 1.33 bits per heavy atom. The lowest BCUT2D eigenvalue weighted by Gasteiger charge is -2.28. The lowest BCUT2D eigenvalue weighted by molar-refractivity contribution is 0.0333. The third-order valence-electron chi connectivity index (χ3n) is 4.29. The normalized spacial score (nSPS) is 18.3. The van der Waals surface area contributed by atoms with Crippen molar-refractivity contribution in [2.45, 2.75) is 49.6 Å². The zero-order valence-corrected chi connectivity index (χ0v) is 13.5. The first-order chi connectivity index (χ1) is 9.78. The molecule has 118 valence electrons. The van der Waals surface area contributed by atoms with Crippen LogP contribution in [0.1, 0.15) is 36.8 Å². The van der Waals surface area contributed by atoms with Crippen molar-refractivity contribution in [2.24, 2.45) is 5.73 Å². The molecule has 0 radical (unpaired) electrons. The minimum absolute atomic E-state index is 0.146. The van der Waals surface area contributed by atoms with Gasteiger partial charge in [-0.2, -0.15) is 4.31 Å². The van der Waals surface area contributed by atoms with E-state index in [1.807, 2.05) is 6.92 Å². The van der Waals surface area contributed by atoms with Crippen LogP contribution in [0.25, 0.3) is 0 Å². The molecule has 0 unspecified atom stereocenters. The quantitative estimate of drug-likeness (QED) is 0.860. The summed E-state index contributed by atoms with van der Waals surface area (Å²) in [5.41, 5.74) is 6.53. The van der Waals surface area contributed by atoms with Gasteiger partial charge in [-0.1, -0.05) is 18.9 Å². The van der Waals surface area contributed by atoms with Crippen LogP contribution in [0.15, 0.2) is 23.1 Å². The number of likely N-dealkylation sites (N-methyl/N-ethyl adjacent to an activating group) is 1. The van der Waals surface area contributed by atoms with Crippen molar-refractivity contribution in [1.82, 2.24) is 4.31 Å². The second-order valence-corrected chi connectivity index (χ2v) is 8.03. The van der Waals surface area contributed by atoms with Gasteiger partial charge in [-0.3, -0.25) is 0 Å². The summed E-state index contributed by atoms with van der Waals surface area (Å²) in [5, 5.41) is 10.4. The van der Waals surface area contributed by atoms with Crippen LogP contribution in [0.4, 0.5) is 0 Å². The van der Waals surface area contributed by atoms with Crippen LogP contribution in [-0.4, -0.2) is 37.0 Å². The van der Waals surface area contributed by atoms with E-state index in [2.05, 4.69) is 0 Å². The van der Waals surface area contributed by atoms with Crippen molar-refractivity contribution in [1.29, 1.82) is 0 Å². The third kappa shape index (κ3) is 3.45. The Balaban J connectivity index is 2.22. The number of benzene rings is 1. The van der Waals surface area contributed by atoms with Crippen molar-refractivity contribution in [3.63, 3.8) is 0 Å². The SMILES string of the molecule is Cc1cc(S(=O)(=O)N(C)CC2(O)CCCC2)ccc1CN. The molecule has 0 amide bonds. The van der Waals surface area contributed by atoms with Crippen molar-refractivity contribution >= 4 is 10.0 Å². The second-order valence-electron chi connectivity index (χ2n) is 5.98. The molecule has 1 aromatic rings. The van der Waals surface area contributed by atoms with Gasteiger partial charge in [-0.25, -0.2) is 8.42 Å². The molecule has 0 aliphatic heterocycles. The molecule has 0 saturated heterocycles. The van der Waals surface area contributed by atoms with E-state index >= 15 is 0 Å². The van der Waals surface area contributed by atoms with Gasteiger partial charge in [0.05, 0.1) is 10.5 Å². The Hall–Kier alpha value is -0.950. The number of nitrogens with zero attached hydrogens (tertiary/aromatic N) is 1. The van der Waals surface area contributed by atoms with Crippen LogP contribution in [-0.2, 0) is 16.6 Å². The van der Waals surface area contributed by atoms with E-state index in [4.69, 9.17) is 5.73 Å². The fourth-order valence-electron chi connectivity index (χ4n) is 2.93. The number of hydrogen-bond donors (Lipinski definition) is 2. The Bertz CT molecular complexity index is 607. The van der Waals surface area contributed by atoms with Crippen LogP contribution in [0.2, 0.25) is 0 Å². The van der Waals surface area contributed by atoms with Gasteiger partial charge in [0.2, 0.25) is 10.0 Å². The molecule has 0 spiro atoms. The van der Waals surface area contributed by atoms with Gasteiger partial charge in [0.15, 0.2) is 0 Å². The first kappa shape index (κ1) is 16.4. The van der Waals surface area contributed by atoms with Gasteiger partial charge in [-0.05, 0) is 43.0 Å². The van der Waals surface area contributed by atoms with E-state index < -0.39 is 15.6 Å². The maximum atomic E-state index is 12.6. The lowest BCUT2D eigenvalue weighted by atomic mass is 10.0. The van der Waals surface area contributed by atoms with Crippen molar-refractivity contribution in [2.75, 3.05) is 13.6 Å². The van der Waals surface area contributed by atoms with E-state index in [-0.39, 0.29) is 11.4 Å². The Kier molecular flexibility index (Phi) is 4.72. The molecule has 1 fully saturated rings. The summed E-state index contributed by atoms with van der Waals surface area (Å²) in [6, 6.07) is 4.98. The van der Waals surface area contributed by atoms with Crippen molar-refractivity contribution in [3.05, 3.63) is 29.3 Å². The van der Waals surface area contributed by atoms with Gasteiger partial charge >= 0.3 is 0 Å². The predicted molar refractivity (Wildman–Crippen MR) is 82.3 cm³/mol. The molecule has 1 aliphatic carbocycles. The molecular formula is C15H24N2O3S. The molecule has 0 heterocycles. The molecule has 0 aromatic heterocycles. The molecule has 0 bridgehead atoms. The maximum absolute atomic E-state index is 12.6. The fourth-order valence-corrected chi connectivity index (χ4v) is 4.26. The highest BCUT2D eigenvalue weighted by Gasteiger charge is 2.35. The van der Waals surface area contributed by atoms with E-state index in [0.717, 1.165) is 24.0 Å². The van der Waals surface area contributed by atoms with Gasteiger partial charge in [0, 0.05) is 20.1 Å². The minimum Gasteiger partial charge on any atom is -0.389 e. The maximum Gasteiger partial charge on any atom is 0.242 e. The van der Waals surface area contributed by atoms with Crippen LogP contribution < -0.4 is 5.73 Å². The first-order valence-corrected chi connectivity index (χ1v) is 8.71. The molecule has 1 aromatic carbocycles. The highest BCUT2D eigenvalue weighted by atomic mass is 32.2. The number of hydrogen-bond acceptors (Lipinski definition) is 4.